The Morgan fingerprint density at radius 2 is 1.91 bits per heavy atom. The molecule has 0 radical (unpaired) electrons. The number of aliphatic carboxylic acids is 1. The molecule has 5 rings (SSSR count). The summed E-state index contributed by atoms with van der Waals surface area (Å²) in [6.07, 6.45) is 8.07. The fraction of sp³-hybridized carbons (Fsp3) is 0.842. The molecule has 0 aliphatic heterocycles. The van der Waals surface area contributed by atoms with Gasteiger partial charge in [-0.2, -0.15) is 0 Å². The highest BCUT2D eigenvalue weighted by molar-refractivity contribution is 5.74. The summed E-state index contributed by atoms with van der Waals surface area (Å²) in [6, 6.07) is 0. The minimum Gasteiger partial charge on any atom is -0.481 e. The number of aliphatic hydroxyl groups is 1. The molecule has 5 aliphatic rings. The van der Waals surface area contributed by atoms with E-state index in [1.807, 2.05) is 6.92 Å². The predicted molar refractivity (Wildman–Crippen MR) is 84.2 cm³/mol. The van der Waals surface area contributed by atoms with Gasteiger partial charge in [0.2, 0.25) is 0 Å². The van der Waals surface area contributed by atoms with Crippen molar-refractivity contribution in [3.05, 3.63) is 12.2 Å². The van der Waals surface area contributed by atoms with Gasteiger partial charge in [-0.1, -0.05) is 13.0 Å². The van der Waals surface area contributed by atoms with Crippen LogP contribution in [0, 0.1) is 34.5 Å². The fourth-order valence-corrected chi connectivity index (χ4v) is 6.87. The second kappa shape index (κ2) is 4.59. The van der Waals surface area contributed by atoms with Crippen molar-refractivity contribution in [2.45, 2.75) is 64.4 Å². The third kappa shape index (κ3) is 1.64. The summed E-state index contributed by atoms with van der Waals surface area (Å²) >= 11 is 0. The first-order valence-electron chi connectivity index (χ1n) is 9.00. The van der Waals surface area contributed by atoms with Gasteiger partial charge in [-0.05, 0) is 81.1 Å². The van der Waals surface area contributed by atoms with E-state index in [0.29, 0.717) is 23.7 Å². The van der Waals surface area contributed by atoms with E-state index in [1.54, 1.807) is 0 Å². The van der Waals surface area contributed by atoms with Crippen molar-refractivity contribution in [3.8, 4) is 0 Å². The van der Waals surface area contributed by atoms with Gasteiger partial charge in [0.15, 0.2) is 0 Å². The molecule has 0 saturated heterocycles. The second-order valence-electron chi connectivity index (χ2n) is 8.71. The van der Waals surface area contributed by atoms with E-state index in [-0.39, 0.29) is 11.5 Å². The van der Waals surface area contributed by atoms with Crippen molar-refractivity contribution in [2.75, 3.05) is 0 Å². The summed E-state index contributed by atoms with van der Waals surface area (Å²) in [5.74, 6) is 1.18. The van der Waals surface area contributed by atoms with Crippen molar-refractivity contribution in [1.82, 2.24) is 0 Å². The number of rotatable bonds is 1. The lowest BCUT2D eigenvalue weighted by Crippen LogP contribution is -2.61. The molecule has 7 atom stereocenters. The van der Waals surface area contributed by atoms with Gasteiger partial charge in [0.05, 0.1) is 11.5 Å². The van der Waals surface area contributed by atoms with E-state index >= 15 is 0 Å². The van der Waals surface area contributed by atoms with Crippen molar-refractivity contribution >= 4 is 5.97 Å². The van der Waals surface area contributed by atoms with E-state index in [0.717, 1.165) is 50.5 Å². The molecule has 2 N–H and O–H groups in total. The molecule has 22 heavy (non-hydrogen) atoms. The molecular weight excluding hydrogens is 276 g/mol. The SMILES string of the molecule is C=C1[C@H]2CC[C@@]3(CC[C@H]4C(CCC[C@@]4(C)C(=O)O)[C@@H]3C2)[C@@H]1O. The van der Waals surface area contributed by atoms with Crippen LogP contribution in [0.5, 0.6) is 0 Å². The number of fused-ring (bicyclic) bond motifs is 3. The Hall–Kier alpha value is -0.830. The Morgan fingerprint density at radius 1 is 1.18 bits per heavy atom. The van der Waals surface area contributed by atoms with Crippen LogP contribution in [0.4, 0.5) is 0 Å². The zero-order valence-corrected chi connectivity index (χ0v) is 13.6. The highest BCUT2D eigenvalue weighted by Gasteiger charge is 2.63. The first-order chi connectivity index (χ1) is 10.4. The normalized spacial score (nSPS) is 53.7. The van der Waals surface area contributed by atoms with Gasteiger partial charge >= 0.3 is 5.97 Å². The largest absolute Gasteiger partial charge is 0.481 e. The van der Waals surface area contributed by atoms with Crippen molar-refractivity contribution in [2.24, 2.45) is 34.5 Å². The molecule has 5 aliphatic carbocycles. The monoisotopic (exact) mass is 304 g/mol. The van der Waals surface area contributed by atoms with Gasteiger partial charge in [-0.25, -0.2) is 0 Å². The minimum absolute atomic E-state index is 0.0176. The lowest BCUT2D eigenvalue weighted by Gasteiger charge is -2.64. The molecule has 2 bridgehead atoms. The van der Waals surface area contributed by atoms with Gasteiger partial charge in [0, 0.05) is 5.41 Å². The average Bonchev–Trinajstić information content (AvgIpc) is 2.51. The quantitative estimate of drug-likeness (QED) is 0.727. The average molecular weight is 304 g/mol. The Balaban J connectivity index is 1.71. The Labute approximate surface area is 132 Å². The van der Waals surface area contributed by atoms with Gasteiger partial charge in [0.25, 0.3) is 0 Å². The maximum absolute atomic E-state index is 11.9. The maximum atomic E-state index is 11.9. The summed E-state index contributed by atoms with van der Waals surface area (Å²) < 4.78 is 0. The summed E-state index contributed by atoms with van der Waals surface area (Å²) in [6.45, 7) is 6.15. The van der Waals surface area contributed by atoms with E-state index in [2.05, 4.69) is 6.58 Å². The molecule has 1 unspecified atom stereocenters. The van der Waals surface area contributed by atoms with Crippen LogP contribution in [0.25, 0.3) is 0 Å². The first-order valence-corrected chi connectivity index (χ1v) is 9.00. The smallest absolute Gasteiger partial charge is 0.309 e. The van der Waals surface area contributed by atoms with Gasteiger partial charge in [0.1, 0.15) is 0 Å². The molecule has 0 aromatic rings. The van der Waals surface area contributed by atoms with Crippen LogP contribution in [-0.4, -0.2) is 22.3 Å². The van der Waals surface area contributed by atoms with E-state index in [1.165, 1.54) is 6.42 Å². The Bertz CT molecular complexity index is 527. The third-order valence-corrected chi connectivity index (χ3v) is 8.15. The zero-order chi connectivity index (χ0) is 15.7. The lowest BCUT2D eigenvalue weighted by atomic mass is 9.41. The molecule has 5 saturated carbocycles. The van der Waals surface area contributed by atoms with Crippen LogP contribution in [0.2, 0.25) is 0 Å². The number of carboxylic acid groups (broad SMARTS) is 1. The molecule has 0 amide bonds. The van der Waals surface area contributed by atoms with Gasteiger partial charge in [-0.15, -0.1) is 0 Å². The molecule has 3 nitrogen and oxygen atoms in total. The van der Waals surface area contributed by atoms with Gasteiger partial charge in [-0.3, -0.25) is 4.79 Å². The molecule has 1 spiro atoms. The fourth-order valence-electron chi connectivity index (χ4n) is 6.87. The number of aliphatic hydroxyl groups excluding tert-OH is 1. The summed E-state index contributed by atoms with van der Waals surface area (Å²) in [5.41, 5.74) is 0.533. The molecule has 3 heteroatoms. The van der Waals surface area contributed by atoms with Crippen molar-refractivity contribution < 1.29 is 15.0 Å². The van der Waals surface area contributed by atoms with Crippen LogP contribution in [0.15, 0.2) is 12.2 Å². The topological polar surface area (TPSA) is 57.5 Å². The van der Waals surface area contributed by atoms with Crippen molar-refractivity contribution in [3.63, 3.8) is 0 Å². The molecule has 0 aromatic heterocycles. The van der Waals surface area contributed by atoms with Crippen LogP contribution in [-0.2, 0) is 4.79 Å². The lowest BCUT2D eigenvalue weighted by molar-refractivity contribution is -0.181. The van der Waals surface area contributed by atoms with E-state index in [9.17, 15) is 15.0 Å². The summed E-state index contributed by atoms with van der Waals surface area (Å²) in [5, 5.41) is 20.7. The molecular formula is C19H28O3. The Morgan fingerprint density at radius 3 is 2.64 bits per heavy atom. The standard InChI is InChI=1S/C19H28O3/c1-11-12-5-8-19(16(11)20)9-6-14-13(15(19)10-12)4-3-7-18(14,2)17(21)22/h12-16,20H,1,3-10H2,2H3,(H,21,22)/t12-,13?,14-,15-,16+,18+,19-/m0/s1. The summed E-state index contributed by atoms with van der Waals surface area (Å²) in [7, 11) is 0. The zero-order valence-electron chi connectivity index (χ0n) is 13.6. The highest BCUT2D eigenvalue weighted by Crippen LogP contribution is 2.67. The minimum atomic E-state index is -0.607. The number of hydrogen-bond donors (Lipinski definition) is 2. The predicted octanol–water partition coefficient (Wildman–Crippen LogP) is 3.62. The molecule has 5 fully saturated rings. The molecule has 0 aromatic carbocycles. The Kier molecular flexibility index (Phi) is 3.08. The maximum Gasteiger partial charge on any atom is 0.309 e. The van der Waals surface area contributed by atoms with Crippen LogP contribution in [0.1, 0.15) is 58.3 Å². The second-order valence-corrected chi connectivity index (χ2v) is 8.71. The first kappa shape index (κ1) is 14.7. The highest BCUT2D eigenvalue weighted by atomic mass is 16.4. The third-order valence-electron chi connectivity index (χ3n) is 8.15. The van der Waals surface area contributed by atoms with Crippen molar-refractivity contribution in [1.29, 1.82) is 0 Å². The van der Waals surface area contributed by atoms with Crippen LogP contribution >= 0.6 is 0 Å². The summed E-state index contributed by atoms with van der Waals surface area (Å²) in [4.78, 5) is 11.9. The molecule has 122 valence electrons. The number of hydrogen-bond acceptors (Lipinski definition) is 2. The van der Waals surface area contributed by atoms with Crippen LogP contribution in [0.3, 0.4) is 0 Å². The van der Waals surface area contributed by atoms with E-state index in [4.69, 9.17) is 0 Å². The number of carbonyl (C=O) groups is 1. The van der Waals surface area contributed by atoms with E-state index < -0.39 is 11.4 Å². The van der Waals surface area contributed by atoms with Gasteiger partial charge < -0.3 is 10.2 Å². The van der Waals surface area contributed by atoms with Crippen LogP contribution < -0.4 is 0 Å². The molecule has 0 heterocycles. The number of carboxylic acids is 1.